The molecule has 1 aromatic rings. The number of benzene rings is 1. The predicted octanol–water partition coefficient (Wildman–Crippen LogP) is 0.0937. The van der Waals surface area contributed by atoms with Crippen molar-refractivity contribution >= 4 is 23.2 Å². The van der Waals surface area contributed by atoms with Gasteiger partial charge >= 0.3 is 0 Å². The number of hydrogen-bond donors (Lipinski definition) is 2. The summed E-state index contributed by atoms with van der Waals surface area (Å²) < 4.78 is 0. The van der Waals surface area contributed by atoms with Crippen LogP contribution in [0.4, 0.5) is 0 Å². The normalized spacial score (nSPS) is 17.8. The summed E-state index contributed by atoms with van der Waals surface area (Å²) in [5, 5.41) is 7.52. The maximum atomic E-state index is 11.9. The molecule has 20 heavy (non-hydrogen) atoms. The lowest BCUT2D eigenvalue weighted by Gasteiger charge is -2.11. The highest BCUT2D eigenvalue weighted by Crippen LogP contribution is 2.18. The number of likely N-dealkylation sites (N-methyl/N-ethyl adjacent to an activating group) is 1. The predicted molar refractivity (Wildman–Crippen MR) is 78.2 cm³/mol. The third kappa shape index (κ3) is 3.95. The monoisotopic (exact) mass is 296 g/mol. The molecule has 0 radical (unpaired) electrons. The van der Waals surface area contributed by atoms with Crippen LogP contribution in [0.3, 0.4) is 0 Å². The molecule has 0 bridgehead atoms. The number of nitrogens with zero attached hydrogens (tertiary/aromatic N) is 1. The molecule has 0 aliphatic carbocycles. The Kier molecular flexibility index (Phi) is 4.98. The minimum Gasteiger partial charge on any atom is -0.382 e. The number of hydrogen-bond acceptors (Lipinski definition) is 3. The van der Waals surface area contributed by atoms with Crippen molar-refractivity contribution < 1.29 is 14.5 Å². The molecule has 0 saturated carbocycles. The van der Waals surface area contributed by atoms with Gasteiger partial charge < -0.3 is 15.1 Å². The first-order valence-corrected chi connectivity index (χ1v) is 6.99. The third-order valence-corrected chi connectivity index (χ3v) is 3.31. The Balaban J connectivity index is 1.84. The van der Waals surface area contributed by atoms with Gasteiger partial charge in [0.15, 0.2) is 0 Å². The smallest absolute Gasteiger partial charge is 0.264 e. The molecule has 0 unspecified atom stereocenters. The number of halogens is 1. The van der Waals surface area contributed by atoms with Crippen LogP contribution < -0.4 is 10.2 Å². The lowest BCUT2D eigenvalue weighted by molar-refractivity contribution is -0.856. The van der Waals surface area contributed by atoms with Crippen LogP contribution in [0.25, 0.3) is 0 Å². The van der Waals surface area contributed by atoms with Crippen molar-refractivity contribution in [3.05, 3.63) is 34.9 Å². The summed E-state index contributed by atoms with van der Waals surface area (Å²) in [5.41, 5.74) is 1.71. The standard InChI is InChI=1S/C14H18ClN3O2/c1-18(2)8-7-16-14(19)13-9-12(17-20-13)10-3-5-11(15)6-4-10/h3-6,13H,7-9H2,1-2H3,(H,16,19)/p+1/t13-/m1/s1. The van der Waals surface area contributed by atoms with E-state index in [1.54, 1.807) is 12.1 Å². The van der Waals surface area contributed by atoms with Gasteiger partial charge in [-0.2, -0.15) is 0 Å². The molecule has 0 saturated heterocycles. The molecule has 5 nitrogen and oxygen atoms in total. The van der Waals surface area contributed by atoms with E-state index in [9.17, 15) is 4.79 Å². The lowest BCUT2D eigenvalue weighted by atomic mass is 10.0. The Morgan fingerprint density at radius 3 is 2.80 bits per heavy atom. The third-order valence-electron chi connectivity index (χ3n) is 3.06. The number of carbonyl (C=O) groups excluding carboxylic acids is 1. The summed E-state index contributed by atoms with van der Waals surface area (Å²) in [6, 6.07) is 7.35. The Morgan fingerprint density at radius 2 is 2.15 bits per heavy atom. The first-order valence-electron chi connectivity index (χ1n) is 6.61. The Hall–Kier alpha value is -1.59. The summed E-state index contributed by atoms with van der Waals surface area (Å²) in [6.45, 7) is 1.51. The molecule has 1 aromatic carbocycles. The van der Waals surface area contributed by atoms with Crippen molar-refractivity contribution in [3.63, 3.8) is 0 Å². The summed E-state index contributed by atoms with van der Waals surface area (Å²) >= 11 is 5.84. The average Bonchev–Trinajstić information content (AvgIpc) is 2.88. The zero-order valence-electron chi connectivity index (χ0n) is 11.6. The van der Waals surface area contributed by atoms with Crippen LogP contribution in [-0.2, 0) is 9.63 Å². The minimum absolute atomic E-state index is 0.112. The van der Waals surface area contributed by atoms with Crippen LogP contribution in [0.5, 0.6) is 0 Å². The van der Waals surface area contributed by atoms with Crippen molar-refractivity contribution in [1.29, 1.82) is 0 Å². The van der Waals surface area contributed by atoms with Crippen LogP contribution in [0, 0.1) is 0 Å². The summed E-state index contributed by atoms with van der Waals surface area (Å²) in [5.74, 6) is -0.112. The number of oxime groups is 1. The van der Waals surface area contributed by atoms with E-state index >= 15 is 0 Å². The molecule has 1 heterocycles. The van der Waals surface area contributed by atoms with Gasteiger partial charge in [0.2, 0.25) is 6.10 Å². The highest BCUT2D eigenvalue weighted by Gasteiger charge is 2.28. The second kappa shape index (κ2) is 6.72. The van der Waals surface area contributed by atoms with E-state index in [1.165, 1.54) is 4.90 Å². The maximum absolute atomic E-state index is 11.9. The average molecular weight is 297 g/mol. The SMILES string of the molecule is C[NH+](C)CCNC(=O)[C@H]1CC(c2ccc(Cl)cc2)=NO1. The fraction of sp³-hybridized carbons (Fsp3) is 0.429. The molecule has 1 aliphatic heterocycles. The van der Waals surface area contributed by atoms with Crippen LogP contribution in [0.1, 0.15) is 12.0 Å². The quantitative estimate of drug-likeness (QED) is 0.809. The minimum atomic E-state index is -0.530. The zero-order valence-corrected chi connectivity index (χ0v) is 12.4. The van der Waals surface area contributed by atoms with Gasteiger partial charge in [-0.1, -0.05) is 28.9 Å². The van der Waals surface area contributed by atoms with E-state index in [0.29, 0.717) is 18.0 Å². The van der Waals surface area contributed by atoms with Crippen molar-refractivity contribution in [3.8, 4) is 0 Å². The molecular weight excluding hydrogens is 278 g/mol. The second-order valence-electron chi connectivity index (χ2n) is 5.09. The van der Waals surface area contributed by atoms with Crippen LogP contribution in [-0.4, -0.2) is 44.9 Å². The van der Waals surface area contributed by atoms with Crippen molar-refractivity contribution in [2.45, 2.75) is 12.5 Å². The fourth-order valence-corrected chi connectivity index (χ4v) is 2.01. The van der Waals surface area contributed by atoms with Crippen LogP contribution in [0.15, 0.2) is 29.4 Å². The first-order chi connectivity index (χ1) is 9.56. The Labute approximate surface area is 123 Å². The molecule has 2 rings (SSSR count). The maximum Gasteiger partial charge on any atom is 0.264 e. The number of quaternary nitrogens is 1. The number of amides is 1. The van der Waals surface area contributed by atoms with E-state index in [0.717, 1.165) is 17.8 Å². The van der Waals surface area contributed by atoms with Gasteiger partial charge in [0.05, 0.1) is 32.9 Å². The van der Waals surface area contributed by atoms with E-state index in [-0.39, 0.29) is 5.91 Å². The zero-order chi connectivity index (χ0) is 14.5. The molecule has 0 fully saturated rings. The molecule has 2 N–H and O–H groups in total. The molecule has 1 amide bonds. The molecule has 0 aromatic heterocycles. The fourth-order valence-electron chi connectivity index (χ4n) is 1.88. The van der Waals surface area contributed by atoms with Gasteiger partial charge in [-0.15, -0.1) is 0 Å². The van der Waals surface area contributed by atoms with Gasteiger partial charge in [-0.25, -0.2) is 0 Å². The largest absolute Gasteiger partial charge is 0.382 e. The first kappa shape index (κ1) is 14.8. The lowest BCUT2D eigenvalue weighted by Crippen LogP contribution is -3.06. The van der Waals surface area contributed by atoms with E-state index < -0.39 is 6.10 Å². The summed E-state index contributed by atoms with van der Waals surface area (Å²) in [4.78, 5) is 18.4. The van der Waals surface area contributed by atoms with Gasteiger partial charge in [0.25, 0.3) is 5.91 Å². The molecule has 1 atom stereocenters. The number of nitrogens with one attached hydrogen (secondary N) is 2. The number of carbonyl (C=O) groups is 1. The highest BCUT2D eigenvalue weighted by atomic mass is 35.5. The Morgan fingerprint density at radius 1 is 1.45 bits per heavy atom. The van der Waals surface area contributed by atoms with E-state index in [2.05, 4.69) is 10.5 Å². The van der Waals surface area contributed by atoms with E-state index in [1.807, 2.05) is 26.2 Å². The van der Waals surface area contributed by atoms with Crippen molar-refractivity contribution in [2.24, 2.45) is 5.16 Å². The van der Waals surface area contributed by atoms with Gasteiger partial charge in [0, 0.05) is 11.4 Å². The summed E-state index contributed by atoms with van der Waals surface area (Å²) in [7, 11) is 4.08. The van der Waals surface area contributed by atoms with Gasteiger partial charge in [0.1, 0.15) is 0 Å². The van der Waals surface area contributed by atoms with Gasteiger partial charge in [-0.3, -0.25) is 4.79 Å². The van der Waals surface area contributed by atoms with Gasteiger partial charge in [-0.05, 0) is 17.7 Å². The topological polar surface area (TPSA) is 55.1 Å². The van der Waals surface area contributed by atoms with Crippen molar-refractivity contribution in [2.75, 3.05) is 27.2 Å². The summed E-state index contributed by atoms with van der Waals surface area (Å²) in [6.07, 6.45) is -0.0414. The van der Waals surface area contributed by atoms with E-state index in [4.69, 9.17) is 16.4 Å². The second-order valence-corrected chi connectivity index (χ2v) is 5.53. The Bertz CT molecular complexity index is 500. The highest BCUT2D eigenvalue weighted by molar-refractivity contribution is 6.30. The number of rotatable bonds is 5. The van der Waals surface area contributed by atoms with Crippen LogP contribution >= 0.6 is 11.6 Å². The molecule has 108 valence electrons. The molecule has 1 aliphatic rings. The molecule has 0 spiro atoms. The molecular formula is C14H19ClN3O2+. The van der Waals surface area contributed by atoms with Crippen molar-refractivity contribution in [1.82, 2.24) is 5.32 Å². The van der Waals surface area contributed by atoms with Crippen LogP contribution in [0.2, 0.25) is 5.02 Å². The molecule has 6 heteroatoms.